The second-order valence-corrected chi connectivity index (χ2v) is 5.21. The predicted molar refractivity (Wildman–Crippen MR) is 62.0 cm³/mol. The van der Waals surface area contributed by atoms with E-state index in [4.69, 9.17) is 4.74 Å². The van der Waals surface area contributed by atoms with Gasteiger partial charge >= 0.3 is 0 Å². The van der Waals surface area contributed by atoms with Gasteiger partial charge < -0.3 is 9.64 Å². The molecule has 0 aromatic carbocycles. The van der Waals surface area contributed by atoms with Gasteiger partial charge in [-0.25, -0.2) is 0 Å². The van der Waals surface area contributed by atoms with Crippen LogP contribution in [0.5, 0.6) is 0 Å². The molecule has 86 valence electrons. The quantitative estimate of drug-likeness (QED) is 0.718. The zero-order valence-electron chi connectivity index (χ0n) is 9.12. The van der Waals surface area contributed by atoms with Crippen LogP contribution in [0.2, 0.25) is 0 Å². The Morgan fingerprint density at radius 1 is 1.53 bits per heavy atom. The molecular weight excluding hydrogens is 258 g/mol. The van der Waals surface area contributed by atoms with Gasteiger partial charge in [-0.2, -0.15) is 0 Å². The highest BCUT2D eigenvalue weighted by Gasteiger charge is 2.36. The zero-order chi connectivity index (χ0) is 10.8. The number of halogens is 1. The minimum atomic E-state index is 0.110. The first-order chi connectivity index (χ1) is 7.22. The summed E-state index contributed by atoms with van der Waals surface area (Å²) >= 11 is 3.49. The number of rotatable bonds is 2. The summed E-state index contributed by atoms with van der Waals surface area (Å²) in [6.07, 6.45) is 2.15. The molecule has 2 aliphatic rings. The van der Waals surface area contributed by atoms with Gasteiger partial charge in [-0.05, 0) is 25.7 Å². The van der Waals surface area contributed by atoms with Crippen molar-refractivity contribution in [2.75, 3.05) is 25.0 Å². The number of nitrogens with zero attached hydrogens (tertiary/aromatic N) is 1. The maximum Gasteiger partial charge on any atom is 0.228 e. The summed E-state index contributed by atoms with van der Waals surface area (Å²) in [4.78, 5) is 14.2. The van der Waals surface area contributed by atoms with E-state index < -0.39 is 0 Å². The third-order valence-corrected chi connectivity index (χ3v) is 4.42. The standard InChI is InChI=1S/C11H18BrNO2/c1-8-10(3-5-15-8)11(14)13-4-2-9(6-12)7-13/h8-10H,2-7H2,1H3. The molecule has 15 heavy (non-hydrogen) atoms. The molecule has 2 fully saturated rings. The Morgan fingerprint density at radius 2 is 2.33 bits per heavy atom. The molecule has 0 aromatic heterocycles. The van der Waals surface area contributed by atoms with Gasteiger partial charge in [0.1, 0.15) is 0 Å². The normalized spacial score (nSPS) is 36.1. The van der Waals surface area contributed by atoms with Crippen LogP contribution in [0.3, 0.4) is 0 Å². The highest BCUT2D eigenvalue weighted by Crippen LogP contribution is 2.26. The minimum absolute atomic E-state index is 0.110. The monoisotopic (exact) mass is 275 g/mol. The molecule has 2 aliphatic heterocycles. The first-order valence-electron chi connectivity index (χ1n) is 5.68. The van der Waals surface area contributed by atoms with E-state index in [-0.39, 0.29) is 12.0 Å². The lowest BCUT2D eigenvalue weighted by molar-refractivity contribution is -0.136. The van der Waals surface area contributed by atoms with E-state index in [0.29, 0.717) is 11.8 Å². The number of hydrogen-bond acceptors (Lipinski definition) is 2. The molecule has 3 unspecified atom stereocenters. The van der Waals surface area contributed by atoms with Crippen LogP contribution in [0.4, 0.5) is 0 Å². The van der Waals surface area contributed by atoms with Gasteiger partial charge in [0, 0.05) is 25.0 Å². The predicted octanol–water partition coefficient (Wildman–Crippen LogP) is 1.65. The highest BCUT2D eigenvalue weighted by molar-refractivity contribution is 9.09. The van der Waals surface area contributed by atoms with Crippen molar-refractivity contribution in [1.82, 2.24) is 4.90 Å². The molecule has 0 bridgehead atoms. The maximum absolute atomic E-state index is 12.2. The Morgan fingerprint density at radius 3 is 2.87 bits per heavy atom. The second kappa shape index (κ2) is 4.83. The van der Waals surface area contributed by atoms with Crippen molar-refractivity contribution in [1.29, 1.82) is 0 Å². The Labute approximate surface area is 99.3 Å². The van der Waals surface area contributed by atoms with Gasteiger partial charge in [0.15, 0.2) is 0 Å². The lowest BCUT2D eigenvalue weighted by atomic mass is 10.0. The highest BCUT2D eigenvalue weighted by atomic mass is 79.9. The molecule has 0 aromatic rings. The van der Waals surface area contributed by atoms with Crippen molar-refractivity contribution < 1.29 is 9.53 Å². The van der Waals surface area contributed by atoms with Crippen molar-refractivity contribution in [3.05, 3.63) is 0 Å². The summed E-state index contributed by atoms with van der Waals surface area (Å²) in [5.74, 6) is 1.06. The van der Waals surface area contributed by atoms with Gasteiger partial charge in [-0.1, -0.05) is 15.9 Å². The van der Waals surface area contributed by atoms with Crippen molar-refractivity contribution in [2.24, 2.45) is 11.8 Å². The van der Waals surface area contributed by atoms with Crippen LogP contribution in [-0.4, -0.2) is 41.9 Å². The fraction of sp³-hybridized carbons (Fsp3) is 0.909. The molecule has 3 atom stereocenters. The van der Waals surface area contributed by atoms with Gasteiger partial charge in [0.25, 0.3) is 0 Å². The number of ether oxygens (including phenoxy) is 1. The van der Waals surface area contributed by atoms with E-state index >= 15 is 0 Å². The smallest absolute Gasteiger partial charge is 0.228 e. The summed E-state index contributed by atoms with van der Waals surface area (Å²) in [6, 6.07) is 0. The first-order valence-corrected chi connectivity index (χ1v) is 6.81. The summed E-state index contributed by atoms with van der Waals surface area (Å²) in [6.45, 7) is 4.60. The summed E-state index contributed by atoms with van der Waals surface area (Å²) in [7, 11) is 0. The number of hydrogen-bond donors (Lipinski definition) is 0. The van der Waals surface area contributed by atoms with Crippen LogP contribution >= 0.6 is 15.9 Å². The number of likely N-dealkylation sites (tertiary alicyclic amines) is 1. The van der Waals surface area contributed by atoms with E-state index in [1.54, 1.807) is 0 Å². The Hall–Kier alpha value is -0.0900. The molecule has 4 heteroatoms. The molecule has 0 radical (unpaired) electrons. The van der Waals surface area contributed by atoms with Crippen molar-refractivity contribution in [3.8, 4) is 0 Å². The van der Waals surface area contributed by atoms with E-state index in [0.717, 1.165) is 37.9 Å². The topological polar surface area (TPSA) is 29.5 Å². The number of carbonyl (C=O) groups is 1. The Bertz CT molecular complexity index is 247. The van der Waals surface area contributed by atoms with E-state index in [9.17, 15) is 4.79 Å². The Balaban J connectivity index is 1.91. The molecule has 2 heterocycles. The summed E-state index contributed by atoms with van der Waals surface area (Å²) in [5.41, 5.74) is 0. The maximum atomic E-state index is 12.2. The van der Waals surface area contributed by atoms with E-state index in [1.807, 2.05) is 11.8 Å². The molecule has 2 rings (SSSR count). The molecule has 2 saturated heterocycles. The molecule has 0 N–H and O–H groups in total. The molecule has 0 aliphatic carbocycles. The van der Waals surface area contributed by atoms with Gasteiger partial charge in [-0.3, -0.25) is 4.79 Å². The van der Waals surface area contributed by atoms with Crippen molar-refractivity contribution >= 4 is 21.8 Å². The lowest BCUT2D eigenvalue weighted by Crippen LogP contribution is -2.37. The Kier molecular flexibility index (Phi) is 3.67. The van der Waals surface area contributed by atoms with Gasteiger partial charge in [0.2, 0.25) is 5.91 Å². The zero-order valence-corrected chi connectivity index (χ0v) is 10.7. The number of carbonyl (C=O) groups excluding carboxylic acids is 1. The van der Waals surface area contributed by atoms with Crippen LogP contribution in [0.1, 0.15) is 19.8 Å². The minimum Gasteiger partial charge on any atom is -0.378 e. The fourth-order valence-electron chi connectivity index (χ4n) is 2.45. The van der Waals surface area contributed by atoms with Crippen LogP contribution in [0.25, 0.3) is 0 Å². The van der Waals surface area contributed by atoms with Crippen LogP contribution < -0.4 is 0 Å². The molecule has 3 nitrogen and oxygen atoms in total. The summed E-state index contributed by atoms with van der Waals surface area (Å²) < 4.78 is 5.44. The van der Waals surface area contributed by atoms with E-state index in [2.05, 4.69) is 15.9 Å². The van der Waals surface area contributed by atoms with Crippen molar-refractivity contribution in [3.63, 3.8) is 0 Å². The number of alkyl halides is 1. The largest absolute Gasteiger partial charge is 0.378 e. The van der Waals surface area contributed by atoms with E-state index in [1.165, 1.54) is 0 Å². The SMILES string of the molecule is CC1OCCC1C(=O)N1CCC(CBr)C1. The first kappa shape index (κ1) is 11.4. The molecular formula is C11H18BrNO2. The van der Waals surface area contributed by atoms with Gasteiger partial charge in [0.05, 0.1) is 12.0 Å². The summed E-state index contributed by atoms with van der Waals surface area (Å²) in [5, 5.41) is 1.01. The van der Waals surface area contributed by atoms with Crippen LogP contribution in [0, 0.1) is 11.8 Å². The van der Waals surface area contributed by atoms with Crippen molar-refractivity contribution in [2.45, 2.75) is 25.9 Å². The third kappa shape index (κ3) is 2.36. The average Bonchev–Trinajstić information content (AvgIpc) is 2.84. The molecule has 0 spiro atoms. The lowest BCUT2D eigenvalue weighted by Gasteiger charge is -2.22. The van der Waals surface area contributed by atoms with Crippen LogP contribution in [-0.2, 0) is 9.53 Å². The van der Waals surface area contributed by atoms with Gasteiger partial charge in [-0.15, -0.1) is 0 Å². The second-order valence-electron chi connectivity index (χ2n) is 4.56. The van der Waals surface area contributed by atoms with Crippen LogP contribution in [0.15, 0.2) is 0 Å². The molecule has 1 amide bonds. The average molecular weight is 276 g/mol. The number of amides is 1. The fourth-order valence-corrected chi connectivity index (χ4v) is 2.98. The third-order valence-electron chi connectivity index (χ3n) is 3.51. The molecule has 0 saturated carbocycles.